The Kier molecular flexibility index (Phi) is 6.00. The summed E-state index contributed by atoms with van der Waals surface area (Å²) in [7, 11) is 1.96. The lowest BCUT2D eigenvalue weighted by molar-refractivity contribution is 0.141. The highest BCUT2D eigenvalue weighted by molar-refractivity contribution is 6.02. The molecule has 0 aliphatic heterocycles. The molecule has 0 aromatic heterocycles. The molecular weight excluding hydrogens is 230 g/mol. The van der Waals surface area contributed by atoms with Gasteiger partial charge in [0.05, 0.1) is 6.61 Å². The summed E-state index contributed by atoms with van der Waals surface area (Å²) in [5.74, 6) is 0.118. The minimum Gasteiger partial charge on any atom is -0.409 e. The van der Waals surface area contributed by atoms with E-state index in [-0.39, 0.29) is 5.84 Å². The van der Waals surface area contributed by atoms with Crippen molar-refractivity contribution >= 4 is 11.5 Å². The van der Waals surface area contributed by atoms with Crippen LogP contribution in [0, 0.1) is 0 Å². The molecule has 0 saturated carbocycles. The van der Waals surface area contributed by atoms with Crippen LogP contribution in [0.25, 0.3) is 0 Å². The molecule has 0 bridgehead atoms. The van der Waals surface area contributed by atoms with Gasteiger partial charge in [-0.2, -0.15) is 0 Å². The third-order valence-corrected chi connectivity index (χ3v) is 2.62. The van der Waals surface area contributed by atoms with Gasteiger partial charge >= 0.3 is 0 Å². The first-order valence-electron chi connectivity index (χ1n) is 6.06. The van der Waals surface area contributed by atoms with Crippen molar-refractivity contribution in [2.24, 2.45) is 10.9 Å². The predicted molar refractivity (Wildman–Crippen MR) is 73.3 cm³/mol. The molecule has 0 amide bonds. The second-order valence-corrected chi connectivity index (χ2v) is 4.04. The van der Waals surface area contributed by atoms with Gasteiger partial charge in [-0.05, 0) is 18.6 Å². The summed E-state index contributed by atoms with van der Waals surface area (Å²) in [5, 5.41) is 11.8. The first kappa shape index (κ1) is 14.3. The Morgan fingerprint density at radius 2 is 2.11 bits per heavy atom. The third kappa shape index (κ3) is 3.92. The number of para-hydroxylation sites is 1. The van der Waals surface area contributed by atoms with Crippen LogP contribution in [0.2, 0.25) is 0 Å². The third-order valence-electron chi connectivity index (χ3n) is 2.62. The number of amidine groups is 1. The van der Waals surface area contributed by atoms with Crippen molar-refractivity contribution in [3.63, 3.8) is 0 Å². The summed E-state index contributed by atoms with van der Waals surface area (Å²) in [5.41, 5.74) is 7.30. The van der Waals surface area contributed by atoms with Crippen LogP contribution in [0.5, 0.6) is 0 Å². The number of hydrogen-bond acceptors (Lipinski definition) is 4. The minimum absolute atomic E-state index is 0.118. The molecule has 18 heavy (non-hydrogen) atoms. The fraction of sp³-hybridized carbons (Fsp3) is 0.462. The van der Waals surface area contributed by atoms with Crippen molar-refractivity contribution in [1.29, 1.82) is 0 Å². The van der Waals surface area contributed by atoms with Crippen molar-refractivity contribution in [2.75, 3.05) is 31.7 Å². The van der Waals surface area contributed by atoms with Gasteiger partial charge in [-0.3, -0.25) is 0 Å². The van der Waals surface area contributed by atoms with Gasteiger partial charge in [0.15, 0.2) is 5.84 Å². The average Bonchev–Trinajstić information content (AvgIpc) is 2.42. The van der Waals surface area contributed by atoms with Crippen LogP contribution in [0.15, 0.2) is 29.4 Å². The fourth-order valence-electron chi connectivity index (χ4n) is 1.65. The van der Waals surface area contributed by atoms with Gasteiger partial charge in [-0.25, -0.2) is 0 Å². The molecule has 0 radical (unpaired) electrons. The topological polar surface area (TPSA) is 71.1 Å². The van der Waals surface area contributed by atoms with Crippen molar-refractivity contribution in [2.45, 2.75) is 13.3 Å². The summed E-state index contributed by atoms with van der Waals surface area (Å²) in [6, 6.07) is 7.55. The quantitative estimate of drug-likeness (QED) is 0.254. The lowest BCUT2D eigenvalue weighted by atomic mass is 10.1. The van der Waals surface area contributed by atoms with E-state index in [2.05, 4.69) is 12.1 Å². The molecule has 100 valence electrons. The van der Waals surface area contributed by atoms with Gasteiger partial charge in [0.1, 0.15) is 0 Å². The zero-order valence-electron chi connectivity index (χ0n) is 11.0. The standard InChI is InChI=1S/C13H21N3O2/c1-3-9-18-10-8-16(2)12-7-5-4-6-11(12)13(14)15-17/h4-7,17H,3,8-10H2,1-2H3,(H2,14,15). The molecule has 1 aromatic carbocycles. The molecule has 0 spiro atoms. The molecule has 0 atom stereocenters. The van der Waals surface area contributed by atoms with E-state index in [9.17, 15) is 0 Å². The number of anilines is 1. The summed E-state index contributed by atoms with van der Waals surface area (Å²) in [6.45, 7) is 4.28. The normalized spacial score (nSPS) is 11.6. The summed E-state index contributed by atoms with van der Waals surface area (Å²) in [4.78, 5) is 2.03. The largest absolute Gasteiger partial charge is 0.409 e. The predicted octanol–water partition coefficient (Wildman–Crippen LogP) is 1.64. The summed E-state index contributed by atoms with van der Waals surface area (Å²) < 4.78 is 5.45. The minimum atomic E-state index is 0.118. The Bertz CT molecular complexity index is 394. The van der Waals surface area contributed by atoms with Gasteiger partial charge in [0, 0.05) is 31.5 Å². The Balaban J connectivity index is 2.70. The van der Waals surface area contributed by atoms with Crippen LogP contribution in [-0.2, 0) is 4.74 Å². The maximum atomic E-state index is 8.76. The van der Waals surface area contributed by atoms with Crippen molar-refractivity contribution in [1.82, 2.24) is 0 Å². The number of rotatable bonds is 7. The number of likely N-dealkylation sites (N-methyl/N-ethyl adjacent to an activating group) is 1. The van der Waals surface area contributed by atoms with Crippen molar-refractivity contribution in [3.05, 3.63) is 29.8 Å². The first-order valence-corrected chi connectivity index (χ1v) is 6.06. The Hall–Kier alpha value is -1.75. The number of hydrogen-bond donors (Lipinski definition) is 2. The maximum Gasteiger partial charge on any atom is 0.172 e. The van der Waals surface area contributed by atoms with Crippen LogP contribution >= 0.6 is 0 Å². The van der Waals surface area contributed by atoms with Crippen LogP contribution in [0.1, 0.15) is 18.9 Å². The summed E-state index contributed by atoms with van der Waals surface area (Å²) in [6.07, 6.45) is 1.02. The number of ether oxygens (including phenoxy) is 1. The molecule has 0 unspecified atom stereocenters. The molecule has 1 rings (SSSR count). The lowest BCUT2D eigenvalue weighted by Crippen LogP contribution is -2.26. The van der Waals surface area contributed by atoms with E-state index in [1.54, 1.807) is 0 Å². The number of nitrogens with zero attached hydrogens (tertiary/aromatic N) is 2. The van der Waals surface area contributed by atoms with Gasteiger partial charge < -0.3 is 20.6 Å². The van der Waals surface area contributed by atoms with Crippen LogP contribution in [0.4, 0.5) is 5.69 Å². The Labute approximate surface area is 108 Å². The maximum absolute atomic E-state index is 8.76. The second kappa shape index (κ2) is 7.55. The summed E-state index contributed by atoms with van der Waals surface area (Å²) >= 11 is 0. The van der Waals surface area contributed by atoms with Crippen LogP contribution in [0.3, 0.4) is 0 Å². The van der Waals surface area contributed by atoms with Crippen molar-refractivity contribution < 1.29 is 9.94 Å². The molecule has 5 heteroatoms. The molecule has 3 N–H and O–H groups in total. The SMILES string of the molecule is CCCOCCN(C)c1ccccc1/C(N)=N/O. The van der Waals surface area contributed by atoms with E-state index in [4.69, 9.17) is 15.7 Å². The smallest absolute Gasteiger partial charge is 0.172 e. The van der Waals surface area contributed by atoms with Gasteiger partial charge in [0.2, 0.25) is 0 Å². The molecule has 0 saturated heterocycles. The van der Waals surface area contributed by atoms with Crippen LogP contribution < -0.4 is 10.6 Å². The monoisotopic (exact) mass is 251 g/mol. The van der Waals surface area contributed by atoms with Gasteiger partial charge in [-0.1, -0.05) is 24.2 Å². The molecule has 0 aliphatic rings. The van der Waals surface area contributed by atoms with E-state index in [0.717, 1.165) is 30.8 Å². The highest BCUT2D eigenvalue weighted by atomic mass is 16.5. The fourth-order valence-corrected chi connectivity index (χ4v) is 1.65. The Morgan fingerprint density at radius 1 is 1.39 bits per heavy atom. The zero-order chi connectivity index (χ0) is 13.4. The Morgan fingerprint density at radius 3 is 2.78 bits per heavy atom. The lowest BCUT2D eigenvalue weighted by Gasteiger charge is -2.21. The highest BCUT2D eigenvalue weighted by Gasteiger charge is 2.09. The average molecular weight is 251 g/mol. The van der Waals surface area contributed by atoms with E-state index >= 15 is 0 Å². The number of oxime groups is 1. The molecule has 1 aromatic rings. The molecule has 0 heterocycles. The number of benzene rings is 1. The van der Waals surface area contributed by atoms with E-state index in [1.165, 1.54) is 0 Å². The zero-order valence-corrected chi connectivity index (χ0v) is 11.0. The van der Waals surface area contributed by atoms with E-state index in [1.807, 2.05) is 36.2 Å². The molecule has 0 fully saturated rings. The molecule has 0 aliphatic carbocycles. The number of nitrogens with two attached hydrogens (primary N) is 1. The molecule has 5 nitrogen and oxygen atoms in total. The first-order chi connectivity index (χ1) is 8.70. The van der Waals surface area contributed by atoms with Gasteiger partial charge in [0.25, 0.3) is 0 Å². The van der Waals surface area contributed by atoms with E-state index in [0.29, 0.717) is 6.61 Å². The van der Waals surface area contributed by atoms with Gasteiger partial charge in [-0.15, -0.1) is 0 Å². The second-order valence-electron chi connectivity index (χ2n) is 4.04. The highest BCUT2D eigenvalue weighted by Crippen LogP contribution is 2.18. The van der Waals surface area contributed by atoms with Crippen molar-refractivity contribution in [3.8, 4) is 0 Å². The van der Waals surface area contributed by atoms with Crippen LogP contribution in [-0.4, -0.2) is 37.8 Å². The molecular formula is C13H21N3O2. The van der Waals surface area contributed by atoms with E-state index < -0.39 is 0 Å².